The molecule has 4 heteroatoms. The Morgan fingerprint density at radius 3 is 2.92 bits per heavy atom. The van der Waals surface area contributed by atoms with Crippen molar-refractivity contribution in [3.63, 3.8) is 0 Å². The fraction of sp³-hybridized carbons (Fsp3) is 0.667. The maximum atomic E-state index is 10.6. The molecule has 2 N–H and O–H groups in total. The highest BCUT2D eigenvalue weighted by atomic mass is 32.1. The number of rotatable bonds is 1. The van der Waals surface area contributed by atoms with E-state index in [1.54, 1.807) is 0 Å². The first-order chi connectivity index (χ1) is 6.18. The number of thiol groups is 1. The third-order valence-electron chi connectivity index (χ3n) is 2.13. The molecule has 0 aliphatic heterocycles. The van der Waals surface area contributed by atoms with Crippen molar-refractivity contribution in [1.29, 1.82) is 0 Å². The average molecular weight is 201 g/mol. The molecule has 0 heterocycles. The molecule has 0 radical (unpaired) electrons. The van der Waals surface area contributed by atoms with Crippen LogP contribution in [0.3, 0.4) is 0 Å². The van der Waals surface area contributed by atoms with Gasteiger partial charge in [-0.05, 0) is 31.8 Å². The lowest BCUT2D eigenvalue weighted by Gasteiger charge is -2.18. The Morgan fingerprint density at radius 1 is 1.46 bits per heavy atom. The molecule has 0 fully saturated rings. The summed E-state index contributed by atoms with van der Waals surface area (Å²) in [7, 11) is 0. The number of hydrogen-bond acceptors (Lipinski definition) is 3. The fourth-order valence-electron chi connectivity index (χ4n) is 1.40. The summed E-state index contributed by atoms with van der Waals surface area (Å²) in [4.78, 5) is 10.6. The molecule has 13 heavy (non-hydrogen) atoms. The molecule has 0 spiro atoms. The van der Waals surface area contributed by atoms with Crippen LogP contribution in [0.5, 0.6) is 0 Å². The smallest absolute Gasteiger partial charge is 0.364 e. The van der Waals surface area contributed by atoms with Crippen molar-refractivity contribution in [2.75, 3.05) is 0 Å². The van der Waals surface area contributed by atoms with Crippen molar-refractivity contribution >= 4 is 17.9 Å². The van der Waals surface area contributed by atoms with E-state index in [-0.39, 0.29) is 12.1 Å². The Labute approximate surface area is 83.7 Å². The predicted octanol–water partition coefficient (Wildman–Crippen LogP) is 1.88. The lowest BCUT2D eigenvalue weighted by molar-refractivity contribution is 0.139. The van der Waals surface area contributed by atoms with Crippen molar-refractivity contribution in [2.24, 2.45) is 5.73 Å². The topological polar surface area (TPSA) is 52.3 Å². The maximum absolute atomic E-state index is 10.6. The largest absolute Gasteiger partial charge is 0.450 e. The minimum atomic E-state index is -0.524. The number of ether oxygens (including phenoxy) is 1. The van der Waals surface area contributed by atoms with Crippen molar-refractivity contribution in [3.8, 4) is 0 Å². The van der Waals surface area contributed by atoms with Gasteiger partial charge in [0.05, 0.1) is 0 Å². The Hall–Kier alpha value is -0.480. The number of allylic oxidation sites excluding steroid dienone is 1. The van der Waals surface area contributed by atoms with Crippen LogP contribution in [0.15, 0.2) is 12.2 Å². The van der Waals surface area contributed by atoms with Crippen molar-refractivity contribution < 1.29 is 9.53 Å². The van der Waals surface area contributed by atoms with E-state index in [9.17, 15) is 4.79 Å². The zero-order chi connectivity index (χ0) is 9.68. The summed E-state index contributed by atoms with van der Waals surface area (Å²) in [5.41, 5.74) is 5.80. The van der Waals surface area contributed by atoms with Crippen molar-refractivity contribution in [1.82, 2.24) is 0 Å². The van der Waals surface area contributed by atoms with Crippen LogP contribution in [-0.2, 0) is 4.74 Å². The van der Waals surface area contributed by atoms with Gasteiger partial charge in [0.15, 0.2) is 0 Å². The SMILES string of the molecule is NC1CCC=CC(OC(=O)S)CC1. The van der Waals surface area contributed by atoms with Gasteiger partial charge in [-0.2, -0.15) is 0 Å². The quantitative estimate of drug-likeness (QED) is 0.387. The zero-order valence-electron chi connectivity index (χ0n) is 7.48. The summed E-state index contributed by atoms with van der Waals surface area (Å²) in [6.45, 7) is 0. The van der Waals surface area contributed by atoms with E-state index in [0.29, 0.717) is 0 Å². The van der Waals surface area contributed by atoms with E-state index < -0.39 is 5.30 Å². The standard InChI is InChI=1S/C9H15NO2S/c10-7-3-1-2-4-8(6-5-7)12-9(11)13/h2,4,7-8H,1,3,5-6,10H2,(H,11,13). The zero-order valence-corrected chi connectivity index (χ0v) is 8.37. The highest BCUT2D eigenvalue weighted by molar-refractivity contribution is 7.96. The maximum Gasteiger partial charge on any atom is 0.364 e. The predicted molar refractivity (Wildman–Crippen MR) is 54.8 cm³/mol. The normalized spacial score (nSPS) is 29.1. The second-order valence-electron chi connectivity index (χ2n) is 3.27. The average Bonchev–Trinajstić information content (AvgIpc) is 2.03. The van der Waals surface area contributed by atoms with Gasteiger partial charge < -0.3 is 10.5 Å². The molecule has 74 valence electrons. The molecule has 0 saturated heterocycles. The molecule has 0 bridgehead atoms. The van der Waals surface area contributed by atoms with Crippen LogP contribution >= 0.6 is 12.6 Å². The minimum Gasteiger partial charge on any atom is -0.450 e. The summed E-state index contributed by atoms with van der Waals surface area (Å²) < 4.78 is 4.96. The van der Waals surface area contributed by atoms with Gasteiger partial charge in [-0.3, -0.25) is 0 Å². The second kappa shape index (κ2) is 5.29. The Balaban J connectivity index is 2.44. The molecule has 2 unspecified atom stereocenters. The third-order valence-corrected chi connectivity index (χ3v) is 2.23. The Kier molecular flexibility index (Phi) is 4.32. The molecular weight excluding hydrogens is 186 g/mol. The monoisotopic (exact) mass is 201 g/mol. The van der Waals surface area contributed by atoms with Crippen LogP contribution < -0.4 is 5.73 Å². The van der Waals surface area contributed by atoms with Crippen LogP contribution in [0.4, 0.5) is 4.79 Å². The Bertz CT molecular complexity index is 206. The first-order valence-corrected chi connectivity index (χ1v) is 4.95. The van der Waals surface area contributed by atoms with E-state index >= 15 is 0 Å². The fourth-order valence-corrected chi connectivity index (χ4v) is 1.54. The number of hydrogen-bond donors (Lipinski definition) is 2. The van der Waals surface area contributed by atoms with Crippen LogP contribution in [-0.4, -0.2) is 17.4 Å². The Morgan fingerprint density at radius 2 is 2.23 bits per heavy atom. The first-order valence-electron chi connectivity index (χ1n) is 4.50. The summed E-state index contributed by atoms with van der Waals surface area (Å²) in [6.07, 6.45) is 7.46. The van der Waals surface area contributed by atoms with Crippen LogP contribution in [0, 0.1) is 0 Å². The number of carbonyl (C=O) groups excluding carboxylic acids is 1. The van der Waals surface area contributed by atoms with Crippen LogP contribution in [0.25, 0.3) is 0 Å². The summed E-state index contributed by atoms with van der Waals surface area (Å²) in [5.74, 6) is 0. The molecule has 3 nitrogen and oxygen atoms in total. The molecule has 0 aromatic rings. The molecular formula is C9H15NO2S. The van der Waals surface area contributed by atoms with Gasteiger partial charge in [-0.15, -0.1) is 0 Å². The molecule has 0 amide bonds. The molecule has 0 saturated carbocycles. The van der Waals surface area contributed by atoms with Gasteiger partial charge in [-0.1, -0.05) is 18.7 Å². The van der Waals surface area contributed by atoms with Gasteiger partial charge >= 0.3 is 5.30 Å². The molecule has 1 aliphatic rings. The van der Waals surface area contributed by atoms with Crippen molar-refractivity contribution in [2.45, 2.75) is 37.8 Å². The summed E-state index contributed by atoms with van der Waals surface area (Å²) >= 11 is 3.57. The molecule has 0 aromatic heterocycles. The van der Waals surface area contributed by atoms with Crippen LogP contribution in [0.1, 0.15) is 25.7 Å². The summed E-state index contributed by atoms with van der Waals surface area (Å²) in [6, 6.07) is 0.228. The first kappa shape index (κ1) is 10.6. The van der Waals surface area contributed by atoms with E-state index in [1.807, 2.05) is 12.2 Å². The van der Waals surface area contributed by atoms with E-state index in [1.165, 1.54) is 0 Å². The van der Waals surface area contributed by atoms with Crippen LogP contribution in [0.2, 0.25) is 0 Å². The molecule has 1 aliphatic carbocycles. The van der Waals surface area contributed by atoms with Crippen molar-refractivity contribution in [3.05, 3.63) is 12.2 Å². The van der Waals surface area contributed by atoms with E-state index in [2.05, 4.69) is 12.6 Å². The van der Waals surface area contributed by atoms with Gasteiger partial charge in [0.2, 0.25) is 0 Å². The van der Waals surface area contributed by atoms with Gasteiger partial charge in [0, 0.05) is 6.04 Å². The summed E-state index contributed by atoms with van der Waals surface area (Å²) in [5, 5.41) is -0.524. The number of nitrogens with two attached hydrogens (primary N) is 1. The highest BCUT2D eigenvalue weighted by Crippen LogP contribution is 2.14. The molecule has 1 rings (SSSR count). The number of carbonyl (C=O) groups is 1. The lowest BCUT2D eigenvalue weighted by Crippen LogP contribution is -2.24. The van der Waals surface area contributed by atoms with Gasteiger partial charge in [-0.25, -0.2) is 4.79 Å². The molecule has 0 aromatic carbocycles. The van der Waals surface area contributed by atoms with Gasteiger partial charge in [0.25, 0.3) is 0 Å². The van der Waals surface area contributed by atoms with Gasteiger partial charge in [0.1, 0.15) is 6.10 Å². The third kappa shape index (κ3) is 4.33. The van der Waals surface area contributed by atoms with E-state index in [4.69, 9.17) is 10.5 Å². The molecule has 2 atom stereocenters. The second-order valence-corrected chi connectivity index (χ2v) is 3.63. The minimum absolute atomic E-state index is 0.142. The highest BCUT2D eigenvalue weighted by Gasteiger charge is 2.13. The van der Waals surface area contributed by atoms with E-state index in [0.717, 1.165) is 25.7 Å². The lowest BCUT2D eigenvalue weighted by atomic mass is 10.0.